The second-order valence-electron chi connectivity index (χ2n) is 5.15. The molecule has 1 unspecified atom stereocenters. The third-order valence-electron chi connectivity index (χ3n) is 3.79. The number of aliphatic hydroxyl groups excluding tert-OH is 1. The van der Waals surface area contributed by atoms with Crippen molar-refractivity contribution in [1.29, 1.82) is 0 Å². The molecule has 0 radical (unpaired) electrons. The molecule has 1 atom stereocenters. The van der Waals surface area contributed by atoms with Crippen molar-refractivity contribution in [2.24, 2.45) is 5.92 Å². The Kier molecular flexibility index (Phi) is 5.94. The fourth-order valence-electron chi connectivity index (χ4n) is 2.51. The predicted octanol–water partition coefficient (Wildman–Crippen LogP) is 0.414. The SMILES string of the molecule is O=C(NCC1(OCCO)CCSCC1)C1CCOC1. The lowest BCUT2D eigenvalue weighted by Crippen LogP contribution is -2.49. The van der Waals surface area contributed by atoms with Crippen LogP contribution in [0.4, 0.5) is 0 Å². The van der Waals surface area contributed by atoms with Crippen LogP contribution in [0.2, 0.25) is 0 Å². The van der Waals surface area contributed by atoms with Crippen LogP contribution in [0.25, 0.3) is 0 Å². The van der Waals surface area contributed by atoms with Crippen molar-refractivity contribution >= 4 is 17.7 Å². The Morgan fingerprint density at radius 2 is 2.26 bits per heavy atom. The van der Waals surface area contributed by atoms with Crippen molar-refractivity contribution < 1.29 is 19.4 Å². The Balaban J connectivity index is 1.82. The number of ether oxygens (including phenoxy) is 2. The minimum Gasteiger partial charge on any atom is -0.394 e. The van der Waals surface area contributed by atoms with Gasteiger partial charge in [-0.3, -0.25) is 4.79 Å². The van der Waals surface area contributed by atoms with E-state index in [1.165, 1.54) is 0 Å². The summed E-state index contributed by atoms with van der Waals surface area (Å²) in [5.74, 6) is 2.16. The Bertz CT molecular complexity index is 288. The number of carbonyl (C=O) groups is 1. The first kappa shape index (κ1) is 15.1. The Morgan fingerprint density at radius 3 is 2.89 bits per heavy atom. The lowest BCUT2D eigenvalue weighted by atomic mass is 9.95. The van der Waals surface area contributed by atoms with Gasteiger partial charge < -0.3 is 19.9 Å². The summed E-state index contributed by atoms with van der Waals surface area (Å²) in [6, 6.07) is 0. The van der Waals surface area contributed by atoms with Gasteiger partial charge in [-0.15, -0.1) is 0 Å². The standard InChI is InChI=1S/C13H23NO4S/c15-4-6-18-13(2-7-19-8-3-13)10-14-12(16)11-1-5-17-9-11/h11,15H,1-10H2,(H,14,16). The van der Waals surface area contributed by atoms with Gasteiger partial charge in [0.15, 0.2) is 0 Å². The average Bonchev–Trinajstić information content (AvgIpc) is 2.98. The highest BCUT2D eigenvalue weighted by Crippen LogP contribution is 2.30. The van der Waals surface area contributed by atoms with Gasteiger partial charge in [0.2, 0.25) is 5.91 Å². The zero-order chi connectivity index (χ0) is 13.6. The molecule has 19 heavy (non-hydrogen) atoms. The van der Waals surface area contributed by atoms with Gasteiger partial charge in [0, 0.05) is 13.2 Å². The van der Waals surface area contributed by atoms with E-state index in [1.807, 2.05) is 11.8 Å². The zero-order valence-electron chi connectivity index (χ0n) is 11.2. The number of amides is 1. The maximum absolute atomic E-state index is 12.0. The summed E-state index contributed by atoms with van der Waals surface area (Å²) in [5.41, 5.74) is -0.289. The molecule has 0 aromatic carbocycles. The molecule has 2 heterocycles. The fourth-order valence-corrected chi connectivity index (χ4v) is 3.75. The van der Waals surface area contributed by atoms with Crippen molar-refractivity contribution in [3.05, 3.63) is 0 Å². The van der Waals surface area contributed by atoms with Gasteiger partial charge in [0.25, 0.3) is 0 Å². The van der Waals surface area contributed by atoms with Crippen LogP contribution in [0, 0.1) is 5.92 Å². The number of rotatable bonds is 6. The summed E-state index contributed by atoms with van der Waals surface area (Å²) in [7, 11) is 0. The summed E-state index contributed by atoms with van der Waals surface area (Å²) in [4.78, 5) is 12.0. The van der Waals surface area contributed by atoms with Crippen molar-refractivity contribution in [3.63, 3.8) is 0 Å². The maximum atomic E-state index is 12.0. The fraction of sp³-hybridized carbons (Fsp3) is 0.923. The summed E-state index contributed by atoms with van der Waals surface area (Å²) in [6.07, 6.45) is 2.67. The van der Waals surface area contributed by atoms with Crippen molar-refractivity contribution in [2.75, 3.05) is 44.5 Å². The summed E-state index contributed by atoms with van der Waals surface area (Å²) >= 11 is 1.92. The molecule has 2 aliphatic heterocycles. The molecule has 6 heteroatoms. The van der Waals surface area contributed by atoms with E-state index < -0.39 is 0 Å². The van der Waals surface area contributed by atoms with Crippen molar-refractivity contribution in [1.82, 2.24) is 5.32 Å². The van der Waals surface area contributed by atoms with Crippen LogP contribution >= 0.6 is 11.8 Å². The predicted molar refractivity (Wildman–Crippen MR) is 74.3 cm³/mol. The molecule has 2 fully saturated rings. The molecule has 2 N–H and O–H groups in total. The molecule has 0 bridgehead atoms. The van der Waals surface area contributed by atoms with Crippen LogP contribution < -0.4 is 5.32 Å². The normalized spacial score (nSPS) is 26.3. The van der Waals surface area contributed by atoms with Crippen LogP contribution in [-0.2, 0) is 14.3 Å². The second-order valence-corrected chi connectivity index (χ2v) is 6.37. The maximum Gasteiger partial charge on any atom is 0.225 e. The molecule has 5 nitrogen and oxygen atoms in total. The van der Waals surface area contributed by atoms with E-state index in [-0.39, 0.29) is 24.0 Å². The minimum atomic E-state index is -0.289. The number of hydrogen-bond donors (Lipinski definition) is 2. The van der Waals surface area contributed by atoms with Crippen LogP contribution in [0.15, 0.2) is 0 Å². The second kappa shape index (κ2) is 7.47. The molecule has 0 aromatic heterocycles. The first-order valence-corrected chi connectivity index (χ1v) is 8.09. The van der Waals surface area contributed by atoms with E-state index in [2.05, 4.69) is 5.32 Å². The molecule has 0 saturated carbocycles. The molecule has 0 aliphatic carbocycles. The molecule has 0 aromatic rings. The number of aliphatic hydroxyl groups is 1. The monoisotopic (exact) mass is 289 g/mol. The van der Waals surface area contributed by atoms with Crippen molar-refractivity contribution in [3.8, 4) is 0 Å². The molecule has 0 spiro atoms. The van der Waals surface area contributed by atoms with Gasteiger partial charge in [0.1, 0.15) is 0 Å². The summed E-state index contributed by atoms with van der Waals surface area (Å²) < 4.78 is 11.1. The number of hydrogen-bond acceptors (Lipinski definition) is 5. The lowest BCUT2D eigenvalue weighted by Gasteiger charge is -2.37. The Hall–Kier alpha value is -0.300. The van der Waals surface area contributed by atoms with Gasteiger partial charge in [-0.25, -0.2) is 0 Å². The van der Waals surface area contributed by atoms with Gasteiger partial charge in [-0.05, 0) is 30.8 Å². The topological polar surface area (TPSA) is 67.8 Å². The van der Waals surface area contributed by atoms with Gasteiger partial charge in [-0.2, -0.15) is 11.8 Å². The molecule has 110 valence electrons. The smallest absolute Gasteiger partial charge is 0.225 e. The number of carbonyl (C=O) groups excluding carboxylic acids is 1. The minimum absolute atomic E-state index is 0.00661. The van der Waals surface area contributed by atoms with Crippen LogP contribution in [-0.4, -0.2) is 61.1 Å². The molecular formula is C13H23NO4S. The van der Waals surface area contributed by atoms with Gasteiger partial charge in [-0.1, -0.05) is 0 Å². The van der Waals surface area contributed by atoms with Crippen LogP contribution in [0.1, 0.15) is 19.3 Å². The largest absolute Gasteiger partial charge is 0.394 e. The highest BCUT2D eigenvalue weighted by atomic mass is 32.2. The molecule has 1 amide bonds. The lowest BCUT2D eigenvalue weighted by molar-refractivity contribution is -0.127. The summed E-state index contributed by atoms with van der Waals surface area (Å²) in [6.45, 7) is 2.13. The first-order chi connectivity index (χ1) is 9.26. The third kappa shape index (κ3) is 4.34. The highest BCUT2D eigenvalue weighted by Gasteiger charge is 2.34. The van der Waals surface area contributed by atoms with Crippen LogP contribution in [0.5, 0.6) is 0 Å². The summed E-state index contributed by atoms with van der Waals surface area (Å²) in [5, 5.41) is 11.9. The van der Waals surface area contributed by atoms with Crippen molar-refractivity contribution in [2.45, 2.75) is 24.9 Å². The van der Waals surface area contributed by atoms with E-state index in [9.17, 15) is 4.79 Å². The highest BCUT2D eigenvalue weighted by molar-refractivity contribution is 7.99. The average molecular weight is 289 g/mol. The number of thioether (sulfide) groups is 1. The van der Waals surface area contributed by atoms with E-state index in [0.29, 0.717) is 26.4 Å². The molecule has 2 rings (SSSR count). The molecular weight excluding hydrogens is 266 g/mol. The van der Waals surface area contributed by atoms with E-state index in [0.717, 1.165) is 30.8 Å². The van der Waals surface area contributed by atoms with E-state index >= 15 is 0 Å². The van der Waals surface area contributed by atoms with E-state index in [4.69, 9.17) is 14.6 Å². The first-order valence-electron chi connectivity index (χ1n) is 6.94. The molecule has 2 aliphatic rings. The zero-order valence-corrected chi connectivity index (χ0v) is 12.0. The third-order valence-corrected chi connectivity index (χ3v) is 4.77. The van der Waals surface area contributed by atoms with Crippen LogP contribution in [0.3, 0.4) is 0 Å². The van der Waals surface area contributed by atoms with Gasteiger partial charge in [0.05, 0.1) is 31.3 Å². The van der Waals surface area contributed by atoms with E-state index in [1.54, 1.807) is 0 Å². The molecule has 2 saturated heterocycles. The van der Waals surface area contributed by atoms with Gasteiger partial charge >= 0.3 is 0 Å². The number of nitrogens with one attached hydrogen (secondary N) is 1. The quantitative estimate of drug-likeness (QED) is 0.741. The Morgan fingerprint density at radius 1 is 1.47 bits per heavy atom. The Labute approximate surface area is 118 Å².